The van der Waals surface area contributed by atoms with Crippen LogP contribution in [0.15, 0.2) is 78.9 Å². The number of aliphatic hydroxyl groups excluding tert-OH is 2. The van der Waals surface area contributed by atoms with E-state index in [0.717, 1.165) is 41.0 Å². The van der Waals surface area contributed by atoms with Gasteiger partial charge in [0, 0.05) is 48.1 Å². The number of aliphatic hydroxyl groups is 2. The molecule has 3 aromatic rings. The first-order valence-electron chi connectivity index (χ1n) is 12.2. The van der Waals surface area contributed by atoms with E-state index in [1.54, 1.807) is 7.11 Å². The number of rotatable bonds is 11. The van der Waals surface area contributed by atoms with Gasteiger partial charge < -0.3 is 24.4 Å². The van der Waals surface area contributed by atoms with E-state index in [-0.39, 0.29) is 19.3 Å². The van der Waals surface area contributed by atoms with Gasteiger partial charge in [0.25, 0.3) is 0 Å². The van der Waals surface area contributed by atoms with Gasteiger partial charge in [-0.1, -0.05) is 66.7 Å². The van der Waals surface area contributed by atoms with Gasteiger partial charge in [-0.05, 0) is 25.0 Å². The number of anilines is 1. The monoisotopic (exact) mass is 494 g/mol. The van der Waals surface area contributed by atoms with Crippen molar-refractivity contribution in [1.82, 2.24) is 4.90 Å². The van der Waals surface area contributed by atoms with E-state index in [2.05, 4.69) is 9.80 Å². The third-order valence-corrected chi connectivity index (χ3v) is 9.83. The van der Waals surface area contributed by atoms with Crippen LogP contribution in [-0.2, 0) is 4.57 Å². The Bertz CT molecular complexity index is 1080. The lowest BCUT2D eigenvalue weighted by Crippen LogP contribution is -2.44. The summed E-state index contributed by atoms with van der Waals surface area (Å²) in [4.78, 5) is 4.42. The van der Waals surface area contributed by atoms with Crippen molar-refractivity contribution in [3.05, 3.63) is 78.9 Å². The third kappa shape index (κ3) is 5.31. The highest BCUT2D eigenvalue weighted by atomic mass is 31.2. The third-order valence-electron chi connectivity index (χ3n) is 6.74. The zero-order chi connectivity index (χ0) is 24.7. The molecule has 0 aliphatic carbocycles. The summed E-state index contributed by atoms with van der Waals surface area (Å²) in [5, 5.41) is 21.4. The minimum absolute atomic E-state index is 0.0455. The second-order valence-corrected chi connectivity index (χ2v) is 11.6. The second-order valence-electron chi connectivity index (χ2n) is 8.85. The van der Waals surface area contributed by atoms with Crippen molar-refractivity contribution in [1.29, 1.82) is 0 Å². The Kier molecular flexibility index (Phi) is 8.64. The molecule has 0 unspecified atom stereocenters. The fourth-order valence-electron chi connectivity index (χ4n) is 5.12. The first-order valence-corrected chi connectivity index (χ1v) is 13.9. The smallest absolute Gasteiger partial charge is 0.173 e. The number of benzene rings is 3. The molecule has 1 saturated heterocycles. The topological polar surface area (TPSA) is 73.2 Å². The van der Waals surface area contributed by atoms with Gasteiger partial charge in [0.15, 0.2) is 7.14 Å². The van der Waals surface area contributed by atoms with Gasteiger partial charge in [0.05, 0.1) is 26.0 Å². The van der Waals surface area contributed by atoms with Crippen LogP contribution in [0.5, 0.6) is 5.75 Å². The van der Waals surface area contributed by atoms with Crippen LogP contribution in [0.1, 0.15) is 12.8 Å². The van der Waals surface area contributed by atoms with Crippen molar-refractivity contribution in [2.24, 2.45) is 0 Å². The van der Waals surface area contributed by atoms with Crippen LogP contribution in [-0.4, -0.2) is 67.7 Å². The Balaban J connectivity index is 1.86. The normalized spacial score (nSPS) is 16.1. The lowest BCUT2D eigenvalue weighted by molar-refractivity contribution is 0.155. The highest BCUT2D eigenvalue weighted by Crippen LogP contribution is 2.48. The Morgan fingerprint density at radius 1 is 0.914 bits per heavy atom. The Morgan fingerprint density at radius 2 is 1.51 bits per heavy atom. The zero-order valence-corrected chi connectivity index (χ0v) is 21.2. The molecule has 2 N–H and O–H groups in total. The molecule has 7 heteroatoms. The molecule has 1 fully saturated rings. The van der Waals surface area contributed by atoms with Crippen LogP contribution in [0.4, 0.5) is 5.69 Å². The molecule has 1 atom stereocenters. The van der Waals surface area contributed by atoms with Crippen molar-refractivity contribution in [3.8, 4) is 5.75 Å². The summed E-state index contributed by atoms with van der Waals surface area (Å²) >= 11 is 0. The van der Waals surface area contributed by atoms with Crippen LogP contribution in [0.3, 0.4) is 0 Å². The Morgan fingerprint density at radius 3 is 2.06 bits per heavy atom. The summed E-state index contributed by atoms with van der Waals surface area (Å²) in [6.45, 7) is 2.65. The molecule has 3 aromatic carbocycles. The van der Waals surface area contributed by atoms with E-state index in [0.29, 0.717) is 25.4 Å². The van der Waals surface area contributed by atoms with E-state index in [1.807, 2.05) is 78.9 Å². The molecule has 35 heavy (non-hydrogen) atoms. The van der Waals surface area contributed by atoms with E-state index >= 15 is 4.57 Å². The van der Waals surface area contributed by atoms with Gasteiger partial charge in [-0.3, -0.25) is 4.90 Å². The van der Waals surface area contributed by atoms with E-state index in [4.69, 9.17) is 4.74 Å². The van der Waals surface area contributed by atoms with Crippen LogP contribution in [0.25, 0.3) is 0 Å². The molecule has 0 saturated carbocycles. The molecule has 186 valence electrons. The fraction of sp³-hybridized carbons (Fsp3) is 0.357. The average Bonchev–Trinajstić information content (AvgIpc) is 3.36. The summed E-state index contributed by atoms with van der Waals surface area (Å²) in [6, 6.07) is 25.4. The van der Waals surface area contributed by atoms with Gasteiger partial charge in [0.2, 0.25) is 0 Å². The maximum Gasteiger partial charge on any atom is 0.173 e. The number of methoxy groups -OCH3 is 1. The highest BCUT2D eigenvalue weighted by Gasteiger charge is 2.37. The van der Waals surface area contributed by atoms with Crippen LogP contribution >= 0.6 is 7.14 Å². The van der Waals surface area contributed by atoms with Crippen LogP contribution in [0.2, 0.25) is 0 Å². The molecule has 1 heterocycles. The average molecular weight is 495 g/mol. The molecular formula is C28H35N2O4P. The molecule has 4 rings (SSSR count). The van der Waals surface area contributed by atoms with Crippen molar-refractivity contribution >= 4 is 28.7 Å². The number of nitrogens with zero attached hydrogens (tertiary/aromatic N) is 2. The van der Waals surface area contributed by atoms with E-state index in [9.17, 15) is 10.2 Å². The summed E-state index contributed by atoms with van der Waals surface area (Å²) in [6.07, 6.45) is 1.99. The SMILES string of the molecule is COc1cccc(P(=O)(c2ccccc2)c2ccccc2)c1N1CCC[C@H]1CN(CCO)CCO. The minimum atomic E-state index is -3.21. The second kappa shape index (κ2) is 11.9. The van der Waals surface area contributed by atoms with Crippen LogP contribution < -0.4 is 25.6 Å². The Hall–Kier alpha value is -2.63. The first-order chi connectivity index (χ1) is 17.1. The molecule has 1 aliphatic rings. The minimum Gasteiger partial charge on any atom is -0.495 e. The fourth-order valence-corrected chi connectivity index (χ4v) is 7.99. The summed E-state index contributed by atoms with van der Waals surface area (Å²) in [7, 11) is -1.55. The molecule has 1 aliphatic heterocycles. The van der Waals surface area contributed by atoms with Crippen molar-refractivity contribution in [2.45, 2.75) is 18.9 Å². The molecule has 0 bridgehead atoms. The van der Waals surface area contributed by atoms with Gasteiger partial charge in [-0.25, -0.2) is 0 Å². The number of hydrogen-bond donors (Lipinski definition) is 2. The molecule has 0 amide bonds. The highest BCUT2D eigenvalue weighted by molar-refractivity contribution is 7.85. The lowest BCUT2D eigenvalue weighted by atomic mass is 10.1. The van der Waals surface area contributed by atoms with Gasteiger partial charge in [-0.2, -0.15) is 0 Å². The van der Waals surface area contributed by atoms with Gasteiger partial charge in [-0.15, -0.1) is 0 Å². The quantitative estimate of drug-likeness (QED) is 0.400. The van der Waals surface area contributed by atoms with E-state index < -0.39 is 7.14 Å². The molecule has 0 aromatic heterocycles. The maximum atomic E-state index is 15.2. The summed E-state index contributed by atoms with van der Waals surface area (Å²) < 4.78 is 21.1. The van der Waals surface area contributed by atoms with E-state index in [1.165, 1.54) is 0 Å². The molecule has 0 radical (unpaired) electrons. The summed E-state index contributed by atoms with van der Waals surface area (Å²) in [5.74, 6) is 0.706. The van der Waals surface area contributed by atoms with Gasteiger partial charge in [0.1, 0.15) is 5.75 Å². The number of ether oxygens (including phenoxy) is 1. The molecule has 0 spiro atoms. The predicted octanol–water partition coefficient (Wildman–Crippen LogP) is 2.59. The number of para-hydroxylation sites is 1. The standard InChI is InChI=1S/C28H35N2O4P/c1-34-26-15-8-16-27(28(26)30-17-9-10-23(30)22-29(18-20-31)19-21-32)35(33,24-11-4-2-5-12-24)25-13-6-3-7-14-25/h2-8,11-16,23,31-32H,9-10,17-22H2,1H3/t23-/m0/s1. The largest absolute Gasteiger partial charge is 0.495 e. The Labute approximate surface area is 208 Å². The molecule has 6 nitrogen and oxygen atoms in total. The van der Waals surface area contributed by atoms with Crippen molar-refractivity contribution < 1.29 is 19.5 Å². The lowest BCUT2D eigenvalue weighted by Gasteiger charge is -2.35. The zero-order valence-electron chi connectivity index (χ0n) is 20.3. The molecular weight excluding hydrogens is 459 g/mol. The van der Waals surface area contributed by atoms with Crippen molar-refractivity contribution in [3.63, 3.8) is 0 Å². The summed E-state index contributed by atoms with van der Waals surface area (Å²) in [5.41, 5.74) is 0.876. The van der Waals surface area contributed by atoms with Gasteiger partial charge >= 0.3 is 0 Å². The first kappa shape index (κ1) is 25.5. The maximum absolute atomic E-state index is 15.2. The predicted molar refractivity (Wildman–Crippen MR) is 143 cm³/mol. The van der Waals surface area contributed by atoms with Crippen LogP contribution in [0, 0.1) is 0 Å². The number of hydrogen-bond acceptors (Lipinski definition) is 6. The van der Waals surface area contributed by atoms with Crippen molar-refractivity contribution in [2.75, 3.05) is 51.4 Å².